The van der Waals surface area contributed by atoms with Gasteiger partial charge in [-0.1, -0.05) is 0 Å². The van der Waals surface area contributed by atoms with Crippen LogP contribution in [0, 0.1) is 17.2 Å². The third-order valence-corrected chi connectivity index (χ3v) is 4.92. The van der Waals surface area contributed by atoms with E-state index in [1.54, 1.807) is 0 Å². The summed E-state index contributed by atoms with van der Waals surface area (Å²) in [5.41, 5.74) is 10.9. The van der Waals surface area contributed by atoms with Crippen molar-refractivity contribution in [2.45, 2.75) is 19.1 Å². The zero-order chi connectivity index (χ0) is 15.9. The molecular formula is C12H18N4O4S. The van der Waals surface area contributed by atoms with Gasteiger partial charge in [0.2, 0.25) is 5.91 Å². The van der Waals surface area contributed by atoms with E-state index in [0.717, 1.165) is 4.90 Å². The zero-order valence-electron chi connectivity index (χ0n) is 11.4. The van der Waals surface area contributed by atoms with E-state index >= 15 is 0 Å². The number of rotatable bonds is 6. The van der Waals surface area contributed by atoms with E-state index in [9.17, 15) is 19.8 Å². The number of β-lactam (4-membered cyclic amide) rings is 1. The first-order valence-corrected chi connectivity index (χ1v) is 7.46. The summed E-state index contributed by atoms with van der Waals surface area (Å²) in [4.78, 5) is 25.1. The summed E-state index contributed by atoms with van der Waals surface area (Å²) in [5, 5.41) is 26.8. The maximum atomic E-state index is 12.1. The van der Waals surface area contributed by atoms with Gasteiger partial charge in [-0.05, 0) is 6.92 Å². The molecule has 0 spiro atoms. The van der Waals surface area contributed by atoms with E-state index in [4.69, 9.17) is 16.9 Å². The second kappa shape index (κ2) is 5.66. The van der Waals surface area contributed by atoms with Crippen molar-refractivity contribution in [2.24, 2.45) is 23.3 Å². The van der Waals surface area contributed by atoms with Crippen LogP contribution in [0.15, 0.2) is 10.6 Å². The van der Waals surface area contributed by atoms with E-state index in [-0.39, 0.29) is 11.5 Å². The van der Waals surface area contributed by atoms with E-state index < -0.39 is 35.9 Å². The Hall–Kier alpha value is -1.58. The Balaban J connectivity index is 2.45. The Morgan fingerprint density at radius 3 is 2.62 bits per heavy atom. The molecule has 4 atom stereocenters. The van der Waals surface area contributed by atoms with Crippen molar-refractivity contribution in [3.63, 3.8) is 0 Å². The van der Waals surface area contributed by atoms with Crippen LogP contribution in [0.3, 0.4) is 0 Å². The van der Waals surface area contributed by atoms with E-state index in [2.05, 4.69) is 0 Å². The first kappa shape index (κ1) is 15.8. The minimum Gasteiger partial charge on any atom is -0.477 e. The minimum absolute atomic E-state index is 0.138. The number of nitrogens with two attached hydrogens (primary N) is 2. The quantitative estimate of drug-likeness (QED) is 0.233. The molecule has 1 fully saturated rings. The molecule has 0 radical (unpaired) electrons. The number of hydrogen-bond donors (Lipinski definition) is 5. The fraction of sp³-hybridized carbons (Fsp3) is 0.583. The molecule has 9 heteroatoms. The summed E-state index contributed by atoms with van der Waals surface area (Å²) in [5.74, 6) is -2.85. The minimum atomic E-state index is -1.24. The number of amidine groups is 1. The third kappa shape index (κ3) is 2.30. The molecule has 2 aliphatic heterocycles. The molecule has 0 aromatic carbocycles. The summed E-state index contributed by atoms with van der Waals surface area (Å²) < 4.78 is 0. The van der Waals surface area contributed by atoms with Gasteiger partial charge < -0.3 is 21.7 Å². The summed E-state index contributed by atoms with van der Waals surface area (Å²) in [7, 11) is 0. The molecule has 0 aliphatic carbocycles. The molecular weight excluding hydrogens is 296 g/mol. The van der Waals surface area contributed by atoms with Crippen LogP contribution in [0.5, 0.6) is 0 Å². The predicted octanol–water partition coefficient (Wildman–Crippen LogP) is -1.25. The van der Waals surface area contributed by atoms with E-state index in [1.807, 2.05) is 0 Å². The van der Waals surface area contributed by atoms with Crippen molar-refractivity contribution in [1.29, 1.82) is 5.41 Å². The Labute approximate surface area is 125 Å². The Bertz CT molecular complexity index is 533. The lowest BCUT2D eigenvalue weighted by molar-refractivity contribution is -0.162. The highest BCUT2D eigenvalue weighted by molar-refractivity contribution is 8.03. The van der Waals surface area contributed by atoms with Crippen LogP contribution in [0.4, 0.5) is 0 Å². The molecule has 0 saturated carbocycles. The number of nitrogens with one attached hydrogen (secondary N) is 1. The molecule has 2 aliphatic rings. The highest BCUT2D eigenvalue weighted by atomic mass is 32.2. The van der Waals surface area contributed by atoms with Crippen molar-refractivity contribution in [3.8, 4) is 0 Å². The molecule has 0 bridgehead atoms. The third-order valence-electron chi connectivity index (χ3n) is 3.72. The van der Waals surface area contributed by atoms with Crippen LogP contribution >= 0.6 is 11.8 Å². The number of aliphatic hydroxyl groups is 1. The van der Waals surface area contributed by atoms with Gasteiger partial charge in [0.25, 0.3) is 0 Å². The number of fused-ring (bicyclic) bond motifs is 1. The maximum Gasteiger partial charge on any atom is 0.353 e. The number of carbonyl (C=O) groups excluding carboxylic acids is 1. The first-order valence-electron chi connectivity index (χ1n) is 6.48. The van der Waals surface area contributed by atoms with Crippen molar-refractivity contribution < 1.29 is 19.8 Å². The van der Waals surface area contributed by atoms with Crippen molar-refractivity contribution in [3.05, 3.63) is 10.6 Å². The van der Waals surface area contributed by atoms with Gasteiger partial charge in [0.05, 0.1) is 24.0 Å². The van der Waals surface area contributed by atoms with Gasteiger partial charge in [-0.25, -0.2) is 4.79 Å². The highest BCUT2D eigenvalue weighted by Crippen LogP contribution is 2.50. The van der Waals surface area contributed by atoms with Gasteiger partial charge in [0.1, 0.15) is 11.5 Å². The van der Waals surface area contributed by atoms with E-state index in [1.165, 1.54) is 18.7 Å². The monoisotopic (exact) mass is 314 g/mol. The Morgan fingerprint density at radius 2 is 2.19 bits per heavy atom. The lowest BCUT2D eigenvalue weighted by atomic mass is 9.78. The van der Waals surface area contributed by atoms with Crippen LogP contribution in [0.1, 0.15) is 6.92 Å². The van der Waals surface area contributed by atoms with Crippen LogP contribution in [-0.4, -0.2) is 57.3 Å². The van der Waals surface area contributed by atoms with Gasteiger partial charge in [0, 0.05) is 17.2 Å². The van der Waals surface area contributed by atoms with Gasteiger partial charge in [-0.2, -0.15) is 0 Å². The number of thioether (sulfide) groups is 1. The summed E-state index contributed by atoms with van der Waals surface area (Å²) in [6, 6.07) is -0.596. The van der Waals surface area contributed by atoms with Gasteiger partial charge in [0.15, 0.2) is 0 Å². The molecule has 2 heterocycles. The van der Waals surface area contributed by atoms with Crippen LogP contribution in [0.25, 0.3) is 0 Å². The van der Waals surface area contributed by atoms with Gasteiger partial charge >= 0.3 is 5.97 Å². The second-order valence-electron chi connectivity index (χ2n) is 5.05. The largest absolute Gasteiger partial charge is 0.477 e. The molecule has 21 heavy (non-hydrogen) atoms. The van der Waals surface area contributed by atoms with Gasteiger partial charge in [-0.3, -0.25) is 15.1 Å². The first-order chi connectivity index (χ1) is 9.82. The maximum absolute atomic E-state index is 12.1. The topological polar surface area (TPSA) is 154 Å². The molecule has 116 valence electrons. The fourth-order valence-corrected chi connectivity index (χ4v) is 4.03. The van der Waals surface area contributed by atoms with Gasteiger partial charge in [-0.15, -0.1) is 11.8 Å². The zero-order valence-corrected chi connectivity index (χ0v) is 12.3. The van der Waals surface area contributed by atoms with E-state index in [0.29, 0.717) is 17.2 Å². The molecule has 7 N–H and O–H groups in total. The number of carboxylic acid groups (broad SMARTS) is 1. The molecule has 1 saturated heterocycles. The van der Waals surface area contributed by atoms with Crippen molar-refractivity contribution >= 4 is 29.5 Å². The molecule has 2 rings (SSSR count). The normalized spacial score (nSPS) is 29.2. The lowest BCUT2D eigenvalue weighted by Gasteiger charge is -2.46. The number of amides is 1. The Morgan fingerprint density at radius 1 is 1.57 bits per heavy atom. The van der Waals surface area contributed by atoms with Crippen LogP contribution in [-0.2, 0) is 9.59 Å². The number of aliphatic hydroxyl groups excluding tert-OH is 1. The second-order valence-corrected chi connectivity index (χ2v) is 6.19. The number of nitrogens with zero attached hydrogens (tertiary/aromatic N) is 1. The van der Waals surface area contributed by atoms with Crippen molar-refractivity contribution in [2.75, 3.05) is 12.3 Å². The SMILES string of the molecule is C[C@@H](O)[C@H]1C(=O)N2C(C(=O)O)=C(SCCN)C(C(=N)N)[C@@H]12. The average Bonchev–Trinajstić information content (AvgIpc) is 2.66. The molecule has 1 amide bonds. The number of carboxylic acids is 1. The molecule has 8 nitrogen and oxygen atoms in total. The molecule has 1 unspecified atom stereocenters. The van der Waals surface area contributed by atoms with Crippen molar-refractivity contribution in [1.82, 2.24) is 4.90 Å². The molecule has 0 aromatic rings. The molecule has 0 aromatic heterocycles. The standard InChI is InChI=1S/C12H18N4O4S/c1-4(17)5-7-6(10(14)15)9(21-3-2-13)8(12(19)20)16(7)11(5)18/h4-7,17H,2-3,13H2,1H3,(H3,14,15)(H,19,20)/t4-,5-,6?,7-/m1/s1. The number of aliphatic carboxylic acids is 1. The fourth-order valence-electron chi connectivity index (χ4n) is 2.92. The highest BCUT2D eigenvalue weighted by Gasteiger charge is 2.62. The van der Waals surface area contributed by atoms with Crippen LogP contribution < -0.4 is 11.5 Å². The summed E-state index contributed by atoms with van der Waals surface area (Å²) in [6.45, 7) is 1.81. The summed E-state index contributed by atoms with van der Waals surface area (Å²) in [6.07, 6.45) is -0.922. The predicted molar refractivity (Wildman–Crippen MR) is 77.4 cm³/mol. The Kier molecular flexibility index (Phi) is 4.26. The van der Waals surface area contributed by atoms with Crippen LogP contribution in [0.2, 0.25) is 0 Å². The lowest BCUT2D eigenvalue weighted by Crippen LogP contribution is -2.65. The summed E-state index contributed by atoms with van der Waals surface area (Å²) >= 11 is 1.20. The number of carbonyl (C=O) groups is 2. The number of hydrogen-bond acceptors (Lipinski definition) is 6. The smallest absolute Gasteiger partial charge is 0.353 e. The average molecular weight is 314 g/mol.